The van der Waals surface area contributed by atoms with E-state index >= 15 is 0 Å². The predicted octanol–water partition coefficient (Wildman–Crippen LogP) is 2.55. The summed E-state index contributed by atoms with van der Waals surface area (Å²) in [6.45, 7) is 7.63. The van der Waals surface area contributed by atoms with E-state index in [1.807, 2.05) is 28.9 Å². The zero-order valence-electron chi connectivity index (χ0n) is 14.5. The molecule has 2 heterocycles. The molecule has 0 N–H and O–H groups in total. The molecule has 0 bridgehead atoms. The van der Waals surface area contributed by atoms with E-state index in [-0.39, 0.29) is 0 Å². The number of rotatable bonds is 6. The Hall–Kier alpha value is -1.43. The van der Waals surface area contributed by atoms with Gasteiger partial charge in [-0.05, 0) is 32.0 Å². The molecule has 3 rings (SSSR count). The van der Waals surface area contributed by atoms with Crippen molar-refractivity contribution in [2.45, 2.75) is 32.4 Å². The van der Waals surface area contributed by atoms with E-state index < -0.39 is 0 Å². The van der Waals surface area contributed by atoms with Gasteiger partial charge in [-0.1, -0.05) is 29.8 Å². The zero-order valence-corrected chi connectivity index (χ0v) is 15.3. The maximum atomic E-state index is 6.26. The number of benzene rings is 1. The highest BCUT2D eigenvalue weighted by atomic mass is 35.5. The topological polar surface area (TPSA) is 37.2 Å². The van der Waals surface area contributed by atoms with Crippen molar-refractivity contribution in [3.63, 3.8) is 0 Å². The SMILES string of the molecule is C[C@@H](CCc1ncnn1Cc1ccccc1Cl)N1CCN(C)CC1. The van der Waals surface area contributed by atoms with E-state index in [1.165, 1.54) is 0 Å². The quantitative estimate of drug-likeness (QED) is 0.804. The van der Waals surface area contributed by atoms with Crippen LogP contribution in [0.15, 0.2) is 30.6 Å². The van der Waals surface area contributed by atoms with Crippen LogP contribution in [0.4, 0.5) is 0 Å². The minimum atomic E-state index is 0.573. The first-order valence-corrected chi connectivity index (χ1v) is 9.04. The molecule has 0 radical (unpaired) electrons. The molecule has 1 saturated heterocycles. The van der Waals surface area contributed by atoms with Crippen LogP contribution in [0, 0.1) is 0 Å². The molecule has 5 nitrogen and oxygen atoms in total. The van der Waals surface area contributed by atoms with Crippen molar-refractivity contribution in [1.29, 1.82) is 0 Å². The van der Waals surface area contributed by atoms with E-state index in [4.69, 9.17) is 11.6 Å². The molecule has 0 aliphatic carbocycles. The van der Waals surface area contributed by atoms with Crippen LogP contribution in [0.5, 0.6) is 0 Å². The lowest BCUT2D eigenvalue weighted by Crippen LogP contribution is -2.48. The lowest BCUT2D eigenvalue weighted by Gasteiger charge is -2.36. The van der Waals surface area contributed by atoms with Gasteiger partial charge in [-0.3, -0.25) is 4.90 Å². The lowest BCUT2D eigenvalue weighted by molar-refractivity contribution is 0.114. The number of hydrogen-bond donors (Lipinski definition) is 0. The Morgan fingerprint density at radius 3 is 2.67 bits per heavy atom. The van der Waals surface area contributed by atoms with Crippen molar-refractivity contribution in [2.75, 3.05) is 33.2 Å². The Balaban J connectivity index is 1.57. The fourth-order valence-electron chi connectivity index (χ4n) is 3.19. The highest BCUT2D eigenvalue weighted by Crippen LogP contribution is 2.17. The van der Waals surface area contributed by atoms with Crippen LogP contribution in [0.3, 0.4) is 0 Å². The van der Waals surface area contributed by atoms with Gasteiger partial charge in [0.05, 0.1) is 6.54 Å². The van der Waals surface area contributed by atoms with Crippen LogP contribution in [0.2, 0.25) is 5.02 Å². The van der Waals surface area contributed by atoms with E-state index in [9.17, 15) is 0 Å². The Kier molecular flexibility index (Phi) is 5.87. The van der Waals surface area contributed by atoms with E-state index in [0.717, 1.165) is 55.4 Å². The molecule has 6 heteroatoms. The third-order valence-corrected chi connectivity index (χ3v) is 5.29. The number of hydrogen-bond acceptors (Lipinski definition) is 4. The second-order valence-corrected chi connectivity index (χ2v) is 7.06. The smallest absolute Gasteiger partial charge is 0.138 e. The van der Waals surface area contributed by atoms with Gasteiger partial charge in [0.25, 0.3) is 0 Å². The fourth-order valence-corrected chi connectivity index (χ4v) is 3.38. The van der Waals surface area contributed by atoms with Gasteiger partial charge in [-0.25, -0.2) is 9.67 Å². The average Bonchev–Trinajstić information content (AvgIpc) is 3.02. The summed E-state index contributed by atoms with van der Waals surface area (Å²) in [7, 11) is 2.19. The van der Waals surface area contributed by atoms with Crippen LogP contribution in [0.1, 0.15) is 24.7 Å². The summed E-state index contributed by atoms with van der Waals surface area (Å²) in [6, 6.07) is 8.49. The Morgan fingerprint density at radius 1 is 1.17 bits per heavy atom. The van der Waals surface area contributed by atoms with Crippen LogP contribution in [-0.2, 0) is 13.0 Å². The molecule has 0 unspecified atom stereocenters. The fraction of sp³-hybridized carbons (Fsp3) is 0.556. The first-order chi connectivity index (χ1) is 11.6. The molecule has 1 atom stereocenters. The lowest BCUT2D eigenvalue weighted by atomic mass is 10.1. The van der Waals surface area contributed by atoms with Crippen LogP contribution >= 0.6 is 11.6 Å². The molecule has 1 aliphatic heterocycles. The highest BCUT2D eigenvalue weighted by Gasteiger charge is 2.19. The number of nitrogens with zero attached hydrogens (tertiary/aromatic N) is 5. The minimum absolute atomic E-state index is 0.573. The van der Waals surface area contributed by atoms with Crippen LogP contribution in [-0.4, -0.2) is 63.8 Å². The number of piperazine rings is 1. The predicted molar refractivity (Wildman–Crippen MR) is 97.4 cm³/mol. The van der Waals surface area contributed by atoms with E-state index in [0.29, 0.717) is 12.6 Å². The van der Waals surface area contributed by atoms with Gasteiger partial charge in [0.1, 0.15) is 12.2 Å². The summed E-state index contributed by atoms with van der Waals surface area (Å²) < 4.78 is 1.97. The Morgan fingerprint density at radius 2 is 1.92 bits per heavy atom. The molecule has 1 aromatic heterocycles. The molecule has 0 spiro atoms. The standard InChI is InChI=1S/C18H26ClN5/c1-15(23-11-9-22(2)10-12-23)7-8-18-20-14-21-24(18)13-16-5-3-4-6-17(16)19/h3-6,14-15H,7-13H2,1-2H3/t15-/m0/s1. The molecule has 1 aliphatic rings. The first kappa shape index (κ1) is 17.4. The molecule has 24 heavy (non-hydrogen) atoms. The molecule has 0 saturated carbocycles. The molecule has 2 aromatic rings. The molecule has 1 aromatic carbocycles. The van der Waals surface area contributed by atoms with Crippen molar-refractivity contribution in [3.8, 4) is 0 Å². The second-order valence-electron chi connectivity index (χ2n) is 6.65. The molecular weight excluding hydrogens is 322 g/mol. The van der Waals surface area contributed by atoms with E-state index in [1.54, 1.807) is 6.33 Å². The summed E-state index contributed by atoms with van der Waals surface area (Å²) in [5.74, 6) is 1.04. The van der Waals surface area contributed by atoms with Crippen molar-refractivity contribution in [3.05, 3.63) is 47.0 Å². The Labute approximate surface area is 149 Å². The normalized spacial score (nSPS) is 18.0. The largest absolute Gasteiger partial charge is 0.304 e. The Bertz CT molecular complexity index is 648. The van der Waals surface area contributed by atoms with Crippen LogP contribution < -0.4 is 0 Å². The van der Waals surface area contributed by atoms with Gasteiger partial charge in [0.15, 0.2) is 0 Å². The number of aryl methyl sites for hydroxylation is 1. The van der Waals surface area contributed by atoms with Crippen molar-refractivity contribution >= 4 is 11.6 Å². The summed E-state index contributed by atoms with van der Waals surface area (Å²) in [4.78, 5) is 9.42. The molecular formula is C18H26ClN5. The van der Waals surface area contributed by atoms with Crippen molar-refractivity contribution in [1.82, 2.24) is 24.6 Å². The van der Waals surface area contributed by atoms with Crippen molar-refractivity contribution < 1.29 is 0 Å². The summed E-state index contributed by atoms with van der Waals surface area (Å²) in [5.41, 5.74) is 1.08. The van der Waals surface area contributed by atoms with Gasteiger partial charge >= 0.3 is 0 Å². The van der Waals surface area contributed by atoms with Gasteiger partial charge in [0.2, 0.25) is 0 Å². The number of aromatic nitrogens is 3. The van der Waals surface area contributed by atoms with Gasteiger partial charge in [-0.15, -0.1) is 0 Å². The second kappa shape index (κ2) is 8.10. The van der Waals surface area contributed by atoms with Crippen molar-refractivity contribution in [2.24, 2.45) is 0 Å². The van der Waals surface area contributed by atoms with Gasteiger partial charge in [-0.2, -0.15) is 5.10 Å². The first-order valence-electron chi connectivity index (χ1n) is 8.66. The number of likely N-dealkylation sites (N-methyl/N-ethyl adjacent to an activating group) is 1. The van der Waals surface area contributed by atoms with E-state index in [2.05, 4.69) is 33.9 Å². The monoisotopic (exact) mass is 347 g/mol. The average molecular weight is 348 g/mol. The maximum Gasteiger partial charge on any atom is 0.138 e. The summed E-state index contributed by atoms with van der Waals surface area (Å²) in [6.07, 6.45) is 3.69. The summed E-state index contributed by atoms with van der Waals surface area (Å²) >= 11 is 6.26. The zero-order chi connectivity index (χ0) is 16.9. The third-order valence-electron chi connectivity index (χ3n) is 4.92. The third kappa shape index (κ3) is 4.35. The minimum Gasteiger partial charge on any atom is -0.304 e. The molecule has 130 valence electrons. The highest BCUT2D eigenvalue weighted by molar-refractivity contribution is 6.31. The van der Waals surface area contributed by atoms with Gasteiger partial charge in [0, 0.05) is 43.7 Å². The molecule has 1 fully saturated rings. The maximum absolute atomic E-state index is 6.26. The van der Waals surface area contributed by atoms with Gasteiger partial charge < -0.3 is 4.90 Å². The molecule has 0 amide bonds. The van der Waals surface area contributed by atoms with Crippen LogP contribution in [0.25, 0.3) is 0 Å². The summed E-state index contributed by atoms with van der Waals surface area (Å²) in [5, 5.41) is 5.16. The number of halogens is 1.